The van der Waals surface area contributed by atoms with E-state index in [1.54, 1.807) is 0 Å². The molecule has 0 aromatic rings. The number of ether oxygens (including phenoxy) is 1. The fraction of sp³-hybridized carbons (Fsp3) is 0.938. The topological polar surface area (TPSA) is 26.3 Å². The van der Waals surface area contributed by atoms with Crippen LogP contribution in [0.2, 0.25) is 0 Å². The molecule has 0 fully saturated rings. The number of hydrogen-bond donors (Lipinski definition) is 0. The van der Waals surface area contributed by atoms with Gasteiger partial charge in [-0.2, -0.15) is 0 Å². The Bertz CT molecular complexity index is 188. The molecule has 0 atom stereocenters. The summed E-state index contributed by atoms with van der Waals surface area (Å²) < 4.78 is 4.89. The second-order valence-electron chi connectivity index (χ2n) is 5.70. The van der Waals surface area contributed by atoms with E-state index >= 15 is 0 Å². The second kappa shape index (κ2) is 12.9. The largest absolute Gasteiger partial charge is 0.466 e. The van der Waals surface area contributed by atoms with Crippen molar-refractivity contribution in [1.29, 1.82) is 0 Å². The van der Waals surface area contributed by atoms with E-state index < -0.39 is 0 Å². The van der Waals surface area contributed by atoms with Gasteiger partial charge in [0.15, 0.2) is 0 Å². The maximum Gasteiger partial charge on any atom is 0.302 e. The van der Waals surface area contributed by atoms with Gasteiger partial charge in [0.05, 0.1) is 6.61 Å². The fourth-order valence-electron chi connectivity index (χ4n) is 2.11. The van der Waals surface area contributed by atoms with Crippen LogP contribution in [-0.4, -0.2) is 12.6 Å². The second-order valence-corrected chi connectivity index (χ2v) is 5.70. The third-order valence-electron chi connectivity index (χ3n) is 3.23. The molecule has 2 heteroatoms. The molecule has 0 aliphatic heterocycles. The van der Waals surface area contributed by atoms with Crippen molar-refractivity contribution in [2.24, 2.45) is 5.92 Å². The van der Waals surface area contributed by atoms with E-state index in [0.29, 0.717) is 6.61 Å². The Hall–Kier alpha value is -0.530. The van der Waals surface area contributed by atoms with Gasteiger partial charge in [0.1, 0.15) is 0 Å². The van der Waals surface area contributed by atoms with E-state index in [2.05, 4.69) is 13.8 Å². The molecule has 0 unspecified atom stereocenters. The SMILES string of the molecule is CC(=O)OCCCCCCCCCCCC(C)C. The predicted molar refractivity (Wildman–Crippen MR) is 77.6 cm³/mol. The molecule has 0 aliphatic carbocycles. The number of hydrogen-bond acceptors (Lipinski definition) is 2. The van der Waals surface area contributed by atoms with Crippen molar-refractivity contribution >= 4 is 5.97 Å². The number of carbonyl (C=O) groups is 1. The van der Waals surface area contributed by atoms with E-state index in [-0.39, 0.29) is 5.97 Å². The highest BCUT2D eigenvalue weighted by molar-refractivity contribution is 5.65. The molecule has 0 heterocycles. The summed E-state index contributed by atoms with van der Waals surface area (Å²) >= 11 is 0. The van der Waals surface area contributed by atoms with Gasteiger partial charge in [0.2, 0.25) is 0 Å². The standard InChI is InChI=1S/C16H32O2/c1-15(2)13-11-9-7-5-4-6-8-10-12-14-18-16(3)17/h15H,4-14H2,1-3H3. The molecule has 0 saturated carbocycles. The van der Waals surface area contributed by atoms with Crippen molar-refractivity contribution in [3.8, 4) is 0 Å². The highest BCUT2D eigenvalue weighted by Crippen LogP contribution is 2.12. The highest BCUT2D eigenvalue weighted by atomic mass is 16.5. The molecular formula is C16H32O2. The summed E-state index contributed by atoms with van der Waals surface area (Å²) in [5.74, 6) is 0.707. The molecule has 0 radical (unpaired) electrons. The molecule has 0 rings (SSSR count). The molecule has 0 bridgehead atoms. The summed E-state index contributed by atoms with van der Waals surface area (Å²) in [6.07, 6.45) is 13.2. The summed E-state index contributed by atoms with van der Waals surface area (Å²) in [4.78, 5) is 10.5. The average Bonchev–Trinajstić information content (AvgIpc) is 2.29. The van der Waals surface area contributed by atoms with Crippen molar-refractivity contribution in [1.82, 2.24) is 0 Å². The molecule has 18 heavy (non-hydrogen) atoms. The lowest BCUT2D eigenvalue weighted by molar-refractivity contribution is -0.141. The van der Waals surface area contributed by atoms with E-state index in [9.17, 15) is 4.79 Å². The van der Waals surface area contributed by atoms with Gasteiger partial charge >= 0.3 is 5.97 Å². The van der Waals surface area contributed by atoms with Crippen molar-refractivity contribution in [3.05, 3.63) is 0 Å². The van der Waals surface area contributed by atoms with Crippen LogP contribution in [-0.2, 0) is 9.53 Å². The summed E-state index contributed by atoms with van der Waals surface area (Å²) in [6.45, 7) is 6.68. The molecule has 0 amide bonds. The Morgan fingerprint density at radius 1 is 0.833 bits per heavy atom. The lowest BCUT2D eigenvalue weighted by Crippen LogP contribution is -2.00. The molecule has 0 spiro atoms. The van der Waals surface area contributed by atoms with Crippen molar-refractivity contribution in [2.45, 2.75) is 85.0 Å². The number of carbonyl (C=O) groups excluding carboxylic acids is 1. The quantitative estimate of drug-likeness (QED) is 0.358. The lowest BCUT2D eigenvalue weighted by Gasteiger charge is -2.04. The Kier molecular flexibility index (Phi) is 12.5. The van der Waals surface area contributed by atoms with Crippen LogP contribution < -0.4 is 0 Å². The maximum absolute atomic E-state index is 10.5. The first-order valence-electron chi connectivity index (χ1n) is 7.76. The van der Waals surface area contributed by atoms with E-state index in [1.807, 2.05) is 0 Å². The van der Waals surface area contributed by atoms with Gasteiger partial charge in [0, 0.05) is 6.92 Å². The van der Waals surface area contributed by atoms with Crippen LogP contribution in [0.25, 0.3) is 0 Å². The average molecular weight is 256 g/mol. The van der Waals surface area contributed by atoms with E-state index in [0.717, 1.165) is 12.3 Å². The zero-order chi connectivity index (χ0) is 13.6. The van der Waals surface area contributed by atoms with Gasteiger partial charge in [-0.15, -0.1) is 0 Å². The van der Waals surface area contributed by atoms with Crippen LogP contribution in [0.15, 0.2) is 0 Å². The minimum Gasteiger partial charge on any atom is -0.466 e. The first-order valence-corrected chi connectivity index (χ1v) is 7.76. The van der Waals surface area contributed by atoms with Crippen LogP contribution in [0.4, 0.5) is 0 Å². The molecule has 108 valence electrons. The van der Waals surface area contributed by atoms with Crippen LogP contribution in [0, 0.1) is 5.92 Å². The van der Waals surface area contributed by atoms with Gasteiger partial charge in [-0.05, 0) is 12.3 Å². The van der Waals surface area contributed by atoms with Crippen LogP contribution in [0.3, 0.4) is 0 Å². The van der Waals surface area contributed by atoms with Crippen LogP contribution >= 0.6 is 0 Å². The van der Waals surface area contributed by atoms with E-state index in [4.69, 9.17) is 4.74 Å². The Labute approximate surface area is 113 Å². The summed E-state index contributed by atoms with van der Waals surface area (Å²) in [7, 11) is 0. The Morgan fingerprint density at radius 3 is 1.72 bits per heavy atom. The Balaban J connectivity index is 2.97. The molecular weight excluding hydrogens is 224 g/mol. The van der Waals surface area contributed by atoms with Crippen molar-refractivity contribution in [3.63, 3.8) is 0 Å². The molecule has 0 aliphatic rings. The van der Waals surface area contributed by atoms with Crippen molar-refractivity contribution in [2.75, 3.05) is 6.61 Å². The minimum absolute atomic E-state index is 0.156. The van der Waals surface area contributed by atoms with Crippen molar-refractivity contribution < 1.29 is 9.53 Å². The van der Waals surface area contributed by atoms with Gasteiger partial charge in [-0.3, -0.25) is 4.79 Å². The maximum atomic E-state index is 10.5. The first kappa shape index (κ1) is 17.5. The van der Waals surface area contributed by atoms with Crippen LogP contribution in [0.1, 0.15) is 85.0 Å². The van der Waals surface area contributed by atoms with Gasteiger partial charge in [-0.25, -0.2) is 0 Å². The zero-order valence-corrected chi connectivity index (χ0v) is 12.7. The Morgan fingerprint density at radius 2 is 1.28 bits per heavy atom. The molecule has 0 saturated heterocycles. The fourth-order valence-corrected chi connectivity index (χ4v) is 2.11. The van der Waals surface area contributed by atoms with Gasteiger partial charge in [-0.1, -0.05) is 71.6 Å². The molecule has 0 aromatic heterocycles. The summed E-state index contributed by atoms with van der Waals surface area (Å²) in [6, 6.07) is 0. The predicted octanol–water partition coefficient (Wildman–Crippen LogP) is 5.11. The van der Waals surface area contributed by atoms with Crippen LogP contribution in [0.5, 0.6) is 0 Å². The van der Waals surface area contributed by atoms with Gasteiger partial charge < -0.3 is 4.74 Å². The zero-order valence-electron chi connectivity index (χ0n) is 12.7. The molecule has 2 nitrogen and oxygen atoms in total. The normalized spacial score (nSPS) is 10.9. The number of unbranched alkanes of at least 4 members (excludes halogenated alkanes) is 8. The molecule has 0 aromatic carbocycles. The smallest absolute Gasteiger partial charge is 0.302 e. The van der Waals surface area contributed by atoms with Gasteiger partial charge in [0.25, 0.3) is 0 Å². The summed E-state index contributed by atoms with van der Waals surface area (Å²) in [5.41, 5.74) is 0. The monoisotopic (exact) mass is 256 g/mol. The minimum atomic E-state index is -0.156. The lowest BCUT2D eigenvalue weighted by atomic mass is 10.0. The van der Waals surface area contributed by atoms with E-state index in [1.165, 1.54) is 64.7 Å². The number of rotatable bonds is 12. The highest BCUT2D eigenvalue weighted by Gasteiger charge is 1.96. The summed E-state index contributed by atoms with van der Waals surface area (Å²) in [5, 5.41) is 0. The third kappa shape index (κ3) is 15.5. The number of esters is 1. The first-order chi connectivity index (χ1) is 8.63. The third-order valence-corrected chi connectivity index (χ3v) is 3.23. The molecule has 0 N–H and O–H groups in total.